The number of aliphatic imine (C=N–C) groups is 2. The topological polar surface area (TPSA) is 236 Å². The number of amides is 3. The highest BCUT2D eigenvalue weighted by molar-refractivity contribution is 9.10. The van der Waals surface area contributed by atoms with E-state index in [-0.39, 0.29) is 105 Å². The van der Waals surface area contributed by atoms with Gasteiger partial charge >= 0.3 is 31.4 Å². The Morgan fingerprint density at radius 3 is 1.48 bits per heavy atom. The number of ether oxygens (including phenoxy) is 4. The van der Waals surface area contributed by atoms with Crippen molar-refractivity contribution in [3.05, 3.63) is 252 Å². The molecule has 2 aromatic heterocycles. The number of rotatable bonds is 13. The van der Waals surface area contributed by atoms with E-state index < -0.39 is 63.8 Å². The number of hydrogen-bond acceptors (Lipinski definition) is 15. The number of fused-ring (bicyclic) bond motifs is 4. The van der Waals surface area contributed by atoms with Gasteiger partial charge < -0.3 is 43.5 Å². The van der Waals surface area contributed by atoms with Gasteiger partial charge in [0.1, 0.15) is 24.4 Å². The quantitative estimate of drug-likeness (QED) is 0.0554. The molecule has 0 radical (unpaired) electrons. The number of carbonyl (C=O) groups excluding carboxylic acids is 4. The second-order valence-electron chi connectivity index (χ2n) is 34.4. The highest BCUT2D eigenvalue weighted by Gasteiger charge is 2.52. The van der Waals surface area contributed by atoms with Crippen molar-refractivity contribution in [1.82, 2.24) is 30.0 Å². The Morgan fingerprint density at radius 1 is 0.517 bits per heavy atom. The van der Waals surface area contributed by atoms with Crippen molar-refractivity contribution in [2.24, 2.45) is 15.9 Å². The Hall–Kier alpha value is -10.2. The Morgan fingerprint density at radius 2 is 0.950 bits per heavy atom. The number of allylic oxidation sites excluding steroid dienone is 2. The fourth-order valence-electron chi connectivity index (χ4n) is 16.5. The number of halogens is 3. The summed E-state index contributed by atoms with van der Waals surface area (Å²) in [4.78, 5) is 98.0. The van der Waals surface area contributed by atoms with E-state index in [1.807, 2.05) is 143 Å². The number of esters is 1. The number of pyridine rings is 2. The van der Waals surface area contributed by atoms with Gasteiger partial charge in [0.2, 0.25) is 10.9 Å². The Balaban J connectivity index is 0.000000164. The van der Waals surface area contributed by atoms with Gasteiger partial charge in [-0.1, -0.05) is 137 Å². The fraction of sp³-hybridized carbons (Fsp3) is 0.362. The summed E-state index contributed by atoms with van der Waals surface area (Å²) >= 11 is 3.36. The van der Waals surface area contributed by atoms with Crippen LogP contribution < -0.4 is 21.6 Å². The minimum atomic E-state index is -0.872. The summed E-state index contributed by atoms with van der Waals surface area (Å²) in [6.45, 7) is 22.3. The number of benzene rings is 8. The van der Waals surface area contributed by atoms with Crippen molar-refractivity contribution >= 4 is 146 Å². The highest BCUT2D eigenvalue weighted by atomic mass is 79.9. The van der Waals surface area contributed by atoms with Crippen molar-refractivity contribution in [3.63, 3.8) is 0 Å². The number of aromatic amines is 2. The van der Waals surface area contributed by atoms with Gasteiger partial charge in [-0.05, 0) is 241 Å². The maximum absolute atomic E-state index is 15.7. The first-order valence-electron chi connectivity index (χ1n) is 40.6. The molecule has 8 aromatic carbocycles. The van der Waals surface area contributed by atoms with Crippen LogP contribution in [0.4, 0.5) is 23.2 Å². The molecule has 5 atom stereocenters. The third-order valence-corrected chi connectivity index (χ3v) is 23.8. The molecule has 0 bridgehead atoms. The Labute approximate surface area is 719 Å². The molecule has 20 nitrogen and oxygen atoms in total. The maximum Gasteiger partial charge on any atom is 0.494 e. The van der Waals surface area contributed by atoms with Crippen LogP contribution in [-0.4, -0.2) is 128 Å². The van der Waals surface area contributed by atoms with Crippen LogP contribution in [0.3, 0.4) is 0 Å². The van der Waals surface area contributed by atoms with Gasteiger partial charge in [0, 0.05) is 71.5 Å². The molecule has 626 valence electrons. The molecule has 7 aliphatic heterocycles. The van der Waals surface area contributed by atoms with Gasteiger partial charge in [-0.2, -0.15) is 27.0 Å². The Kier molecular flexibility index (Phi) is 26.4. The highest BCUT2D eigenvalue weighted by Crippen LogP contribution is 2.41. The standard InChI is InChI=1S/C44H43FN4O5.C29H37BN2O4.C21H18BrFN2O3.2H2S/c1-44(2,3)54-43(52)48-19-7-11-37(48)36-24-33(25-46-36)31-16-15-28-21-30(14-13-29(28)22-31)32-17-18-34-35(23-32)47-40(39(45)41(34)50)38-12-8-20-49(38)42(51)53-26-27-9-5-4-6-10-27;1-27(2,3)34-26(33)32-14-8-9-25(32)24-17-22(18-31-24)20-10-11-21-16-23(13-12-19(21)15-20)30-35-28(4,5)29(6,7)36-30;22-13-6-7-14-16(10-13)25-19(17(23)20(14)26)18-15(8-9-24-18)21(27)28-11-12-4-2-1-3-5-12;;/h4-6,9-10,13-18,21-23,25,37-38H,7-8,11-12,19-20,24,26H2,1-3H3,(H,47,50);10-13,15-16,18,25H,8-9,14,17H2,1-7H3;1-7,10,15,18,24H,8-9,11H2,(H,25,26);2*1H2/t37-,38?;25-;;;/m00.../s1. The predicted octanol–water partition coefficient (Wildman–Crippen LogP) is 19.3. The van der Waals surface area contributed by atoms with Crippen LogP contribution >= 0.6 is 42.9 Å². The van der Waals surface area contributed by atoms with Gasteiger partial charge in [-0.3, -0.25) is 39.1 Å². The monoisotopic (exact) mass is 1730 g/mol. The number of likely N-dealkylation sites (tertiary alicyclic amines) is 3. The number of nitrogens with zero attached hydrogens (tertiary/aromatic N) is 5. The third-order valence-electron chi connectivity index (χ3n) is 23.3. The first-order valence-corrected chi connectivity index (χ1v) is 41.4. The van der Waals surface area contributed by atoms with Crippen LogP contribution in [0.1, 0.15) is 173 Å². The lowest BCUT2D eigenvalue weighted by atomic mass is 9.78. The molecular formula is C94H102BBrF2N8O12S2. The maximum atomic E-state index is 15.7. The summed E-state index contributed by atoms with van der Waals surface area (Å²) in [6, 6.07) is 53.3. The van der Waals surface area contributed by atoms with E-state index in [9.17, 15) is 33.2 Å². The summed E-state index contributed by atoms with van der Waals surface area (Å²) in [5, 5.41) is 8.08. The number of H-pyrrole nitrogens is 2. The average molecular weight is 1730 g/mol. The Bertz CT molecular complexity index is 5820. The lowest BCUT2D eigenvalue weighted by Crippen LogP contribution is -2.43. The molecule has 0 aliphatic carbocycles. The van der Waals surface area contributed by atoms with Crippen LogP contribution in [-0.2, 0) is 46.3 Å². The van der Waals surface area contributed by atoms with Crippen LogP contribution in [0.5, 0.6) is 0 Å². The molecule has 17 rings (SSSR count). The lowest BCUT2D eigenvalue weighted by Gasteiger charge is -2.32. The van der Waals surface area contributed by atoms with Gasteiger partial charge in [0.25, 0.3) is 0 Å². The van der Waals surface area contributed by atoms with Crippen LogP contribution in [0.25, 0.3) is 65.6 Å². The van der Waals surface area contributed by atoms with E-state index in [2.05, 4.69) is 126 Å². The van der Waals surface area contributed by atoms with E-state index in [4.69, 9.17) is 38.2 Å². The molecule has 9 heterocycles. The number of hydrogen-bond donors (Lipinski definition) is 3. The van der Waals surface area contributed by atoms with E-state index >= 15 is 4.39 Å². The largest absolute Gasteiger partial charge is 0.494 e. The second kappa shape index (κ2) is 36.2. The van der Waals surface area contributed by atoms with Crippen LogP contribution in [0.2, 0.25) is 0 Å². The van der Waals surface area contributed by atoms with E-state index in [0.29, 0.717) is 56.4 Å². The van der Waals surface area contributed by atoms with Gasteiger partial charge in [0.05, 0.1) is 63.7 Å². The van der Waals surface area contributed by atoms with Crippen molar-refractivity contribution in [2.45, 2.75) is 187 Å². The summed E-state index contributed by atoms with van der Waals surface area (Å²) < 4.78 is 66.0. The van der Waals surface area contributed by atoms with Gasteiger partial charge in [-0.25, -0.2) is 23.2 Å². The number of carbonyl (C=O) groups is 4. The average Bonchev–Trinajstić information content (AvgIpc) is 1.59. The molecular weight excluding hydrogens is 1630 g/mol. The molecule has 7 aliphatic rings. The molecule has 10 aromatic rings. The molecule has 3 N–H and O–H groups in total. The SMILES string of the molecule is CC(C)(C)OC(=O)N1CCC[C@H]1C1=NC=C(c2ccc3cc(-c4ccc5c(=O)c(F)c(C6CCCN6C(=O)OCc6ccccc6)[nH]c5c4)ccc3c2)C1.CC(C)(C)OC(=O)N1CCC[C@H]1C1=NC=C(c2ccc3cc(B4OC(C)(C)C(C)(C)O4)ccc3c2)C1.O=C(OCc1ccccc1)C1CCNC1c1[nH]c2cc(Br)ccc2c(=O)c1F.S.S. The molecule has 0 spiro atoms. The van der Waals surface area contributed by atoms with Crippen molar-refractivity contribution < 1.29 is 56.2 Å². The molecule has 3 amide bonds. The lowest BCUT2D eigenvalue weighted by molar-refractivity contribution is -0.150. The zero-order chi connectivity index (χ0) is 83.1. The van der Waals surface area contributed by atoms with Crippen molar-refractivity contribution in [2.75, 3.05) is 26.2 Å². The second-order valence-corrected chi connectivity index (χ2v) is 35.3. The molecule has 3 unspecified atom stereocenters. The minimum Gasteiger partial charge on any atom is -0.461 e. The first-order chi connectivity index (χ1) is 56.4. The molecule has 0 saturated carbocycles. The van der Waals surface area contributed by atoms with E-state index in [0.717, 1.165) is 115 Å². The number of aromatic nitrogens is 2. The third kappa shape index (κ3) is 19.2. The summed E-state index contributed by atoms with van der Waals surface area (Å²) in [7, 11) is -0.369. The minimum absolute atomic E-state index is 0. The predicted molar refractivity (Wildman–Crippen MR) is 483 cm³/mol. The molecule has 5 fully saturated rings. The van der Waals surface area contributed by atoms with Crippen LogP contribution in [0, 0.1) is 17.6 Å². The van der Waals surface area contributed by atoms with Crippen molar-refractivity contribution in [3.8, 4) is 11.1 Å². The van der Waals surface area contributed by atoms with Gasteiger partial charge in [0.15, 0.2) is 11.6 Å². The number of nitrogens with one attached hydrogen (secondary N) is 3. The summed E-state index contributed by atoms with van der Waals surface area (Å²) in [6.07, 6.45) is 9.63. The smallest absolute Gasteiger partial charge is 0.461 e. The van der Waals surface area contributed by atoms with E-state index in [1.54, 1.807) is 24.3 Å². The summed E-state index contributed by atoms with van der Waals surface area (Å²) in [5.41, 5.74) is 9.23. The first kappa shape index (κ1) is 87.6. The van der Waals surface area contributed by atoms with Gasteiger partial charge in [-0.15, -0.1) is 0 Å². The van der Waals surface area contributed by atoms with Crippen molar-refractivity contribution in [1.29, 1.82) is 0 Å². The zero-order valence-electron chi connectivity index (χ0n) is 69.2. The van der Waals surface area contributed by atoms with E-state index in [1.165, 1.54) is 15.9 Å². The summed E-state index contributed by atoms with van der Waals surface area (Å²) in [5.74, 6) is -2.72. The molecule has 120 heavy (non-hydrogen) atoms. The molecule has 5 saturated heterocycles. The zero-order valence-corrected chi connectivity index (χ0v) is 72.7. The van der Waals surface area contributed by atoms with Crippen LogP contribution in [0.15, 0.2) is 206 Å². The fourth-order valence-corrected chi connectivity index (χ4v) is 16.9. The molecule has 26 heteroatoms. The normalized spacial score (nSPS) is 19.8.